The Labute approximate surface area is 245 Å². The highest BCUT2D eigenvalue weighted by Crippen LogP contribution is 2.18. The molecule has 3 N–H and O–H groups in total. The number of amides is 1. The van der Waals surface area contributed by atoms with Crippen molar-refractivity contribution < 1.29 is 48.3 Å². The predicted octanol–water partition coefficient (Wildman–Crippen LogP) is 2.65. The molecule has 1 aromatic carbocycles. The van der Waals surface area contributed by atoms with E-state index in [9.17, 15) is 24.6 Å². The van der Waals surface area contributed by atoms with Gasteiger partial charge in [0.1, 0.15) is 12.4 Å². The van der Waals surface area contributed by atoms with Crippen LogP contribution >= 0.6 is 0 Å². The van der Waals surface area contributed by atoms with E-state index in [2.05, 4.69) is 25.1 Å². The zero-order valence-electron chi connectivity index (χ0n) is 23.7. The Morgan fingerprint density at radius 3 is 2.36 bits per heavy atom. The third-order valence-corrected chi connectivity index (χ3v) is 5.87. The zero-order valence-corrected chi connectivity index (χ0v) is 23.7. The second-order valence-corrected chi connectivity index (χ2v) is 9.16. The fraction of sp³-hybridized carbons (Fsp3) is 0.387. The van der Waals surface area contributed by atoms with Crippen molar-refractivity contribution in [3.05, 3.63) is 97.3 Å². The van der Waals surface area contributed by atoms with Gasteiger partial charge in [-0.25, -0.2) is 9.59 Å². The van der Waals surface area contributed by atoms with Gasteiger partial charge in [-0.1, -0.05) is 44.9 Å². The first kappa shape index (κ1) is 34.3. The standard InChI is InChI=1S/C31H39NO10/c1-5-27(33)32-23(19-39-28(34)6-2)18-38-24-13-15-25(16-14-24)42-31(37)22-11-9-21(10-12-22)17-26(41-30(36)8-4)20-40-29(35)7-3/h6-13,15-16,23-24,26,28,30,34,36H,2-5,14,17-20H2,1H3,(H,32,33). The molecule has 11 heteroatoms. The average molecular weight is 586 g/mol. The first-order valence-corrected chi connectivity index (χ1v) is 13.4. The van der Waals surface area contributed by atoms with E-state index in [4.69, 9.17) is 23.7 Å². The summed E-state index contributed by atoms with van der Waals surface area (Å²) in [5, 5.41) is 22.1. The molecular formula is C31H39NO10. The summed E-state index contributed by atoms with van der Waals surface area (Å²) in [6, 6.07) is 6.15. The fourth-order valence-electron chi connectivity index (χ4n) is 3.60. The van der Waals surface area contributed by atoms with Crippen LogP contribution in [0.25, 0.3) is 0 Å². The number of carbonyl (C=O) groups excluding carboxylic acids is 3. The maximum absolute atomic E-state index is 12.7. The summed E-state index contributed by atoms with van der Waals surface area (Å²) in [6.07, 6.45) is 6.28. The molecule has 1 aliphatic carbocycles. The van der Waals surface area contributed by atoms with Gasteiger partial charge in [-0.05, 0) is 48.4 Å². The van der Waals surface area contributed by atoms with Gasteiger partial charge in [0.15, 0.2) is 12.6 Å². The first-order valence-electron chi connectivity index (χ1n) is 13.4. The number of hydrogen-bond donors (Lipinski definition) is 3. The van der Waals surface area contributed by atoms with E-state index in [0.717, 1.165) is 11.6 Å². The topological polar surface area (TPSA) is 150 Å². The smallest absolute Gasteiger partial charge is 0.343 e. The molecule has 0 bridgehead atoms. The van der Waals surface area contributed by atoms with Gasteiger partial charge in [-0.2, -0.15) is 0 Å². The normalized spacial score (nSPS) is 17.1. The third-order valence-electron chi connectivity index (χ3n) is 5.87. The summed E-state index contributed by atoms with van der Waals surface area (Å²) < 4.78 is 27.1. The van der Waals surface area contributed by atoms with Crippen LogP contribution in [0.15, 0.2) is 86.2 Å². The van der Waals surface area contributed by atoms with E-state index in [-0.39, 0.29) is 31.8 Å². The lowest BCUT2D eigenvalue weighted by molar-refractivity contribution is -0.152. The zero-order chi connectivity index (χ0) is 30.9. The van der Waals surface area contributed by atoms with Crippen LogP contribution in [0.3, 0.4) is 0 Å². The quantitative estimate of drug-likeness (QED) is 0.0957. The molecule has 0 aliphatic heterocycles. The van der Waals surface area contributed by atoms with E-state index in [1.54, 1.807) is 49.4 Å². The van der Waals surface area contributed by atoms with E-state index >= 15 is 0 Å². The number of hydrogen-bond acceptors (Lipinski definition) is 10. The number of allylic oxidation sites excluding steroid dienone is 1. The van der Waals surface area contributed by atoms with Crippen LogP contribution < -0.4 is 5.32 Å². The highest BCUT2D eigenvalue weighted by Gasteiger charge is 2.19. The van der Waals surface area contributed by atoms with Gasteiger partial charge >= 0.3 is 11.9 Å². The van der Waals surface area contributed by atoms with Crippen LogP contribution in [0, 0.1) is 0 Å². The van der Waals surface area contributed by atoms with Crippen LogP contribution in [0.5, 0.6) is 0 Å². The van der Waals surface area contributed by atoms with Crippen molar-refractivity contribution in [2.24, 2.45) is 0 Å². The van der Waals surface area contributed by atoms with Gasteiger partial charge in [-0.15, -0.1) is 0 Å². The molecule has 0 saturated heterocycles. The van der Waals surface area contributed by atoms with Crippen molar-refractivity contribution in [3.63, 3.8) is 0 Å². The van der Waals surface area contributed by atoms with Gasteiger partial charge in [-0.3, -0.25) is 4.79 Å². The van der Waals surface area contributed by atoms with Gasteiger partial charge < -0.3 is 39.2 Å². The lowest BCUT2D eigenvalue weighted by Gasteiger charge is -2.23. The molecule has 1 amide bonds. The molecule has 2 rings (SSSR count). The molecule has 1 aromatic rings. The molecule has 228 valence electrons. The van der Waals surface area contributed by atoms with Crippen LogP contribution in [0.1, 0.15) is 35.7 Å². The highest BCUT2D eigenvalue weighted by molar-refractivity contribution is 5.90. The molecule has 1 aliphatic rings. The molecule has 5 unspecified atom stereocenters. The summed E-state index contributed by atoms with van der Waals surface area (Å²) in [6.45, 7) is 12.1. The van der Waals surface area contributed by atoms with Crippen molar-refractivity contribution >= 4 is 17.8 Å². The number of nitrogens with one attached hydrogen (secondary N) is 1. The Kier molecular flexibility index (Phi) is 15.2. The Balaban J connectivity index is 1.88. The number of esters is 2. The Morgan fingerprint density at radius 1 is 1.05 bits per heavy atom. The molecule has 0 fully saturated rings. The molecule has 11 nitrogen and oxygen atoms in total. The molecule has 5 atom stereocenters. The summed E-state index contributed by atoms with van der Waals surface area (Å²) in [5.41, 5.74) is 1.10. The van der Waals surface area contributed by atoms with Crippen LogP contribution in [0.4, 0.5) is 0 Å². The number of benzene rings is 1. The van der Waals surface area contributed by atoms with E-state index in [1.807, 2.05) is 0 Å². The Morgan fingerprint density at radius 2 is 1.76 bits per heavy atom. The predicted molar refractivity (Wildman–Crippen MR) is 154 cm³/mol. The molecule has 0 aromatic heterocycles. The summed E-state index contributed by atoms with van der Waals surface area (Å²) >= 11 is 0. The highest BCUT2D eigenvalue weighted by atomic mass is 16.6. The monoisotopic (exact) mass is 585 g/mol. The minimum atomic E-state index is -1.23. The Bertz CT molecular complexity index is 1130. The van der Waals surface area contributed by atoms with Gasteiger partial charge in [0.05, 0.1) is 37.0 Å². The Hall–Kier alpha value is -3.87. The number of rotatable bonds is 19. The second kappa shape index (κ2) is 18.5. The number of aliphatic hydroxyl groups excluding tert-OH is 2. The lowest BCUT2D eigenvalue weighted by atomic mass is 10.1. The van der Waals surface area contributed by atoms with Crippen molar-refractivity contribution in [2.75, 3.05) is 19.8 Å². The van der Waals surface area contributed by atoms with Gasteiger partial charge in [0.25, 0.3) is 0 Å². The lowest BCUT2D eigenvalue weighted by Crippen LogP contribution is -2.42. The summed E-state index contributed by atoms with van der Waals surface area (Å²) in [5.74, 6) is -0.965. The average Bonchev–Trinajstić information content (AvgIpc) is 3.01. The van der Waals surface area contributed by atoms with E-state index < -0.39 is 36.7 Å². The van der Waals surface area contributed by atoms with Gasteiger partial charge in [0.2, 0.25) is 5.91 Å². The molecule has 0 saturated carbocycles. The van der Waals surface area contributed by atoms with Gasteiger partial charge in [0, 0.05) is 18.9 Å². The SMILES string of the molecule is C=CC(=O)OCC(Cc1ccc(C(=O)OC2=CCC(OCC(COC(O)C=C)NC(=O)CC)C=C2)cc1)OC(O)C=C. The molecule has 0 heterocycles. The third kappa shape index (κ3) is 12.8. The summed E-state index contributed by atoms with van der Waals surface area (Å²) in [4.78, 5) is 35.9. The van der Waals surface area contributed by atoms with Crippen LogP contribution in [-0.4, -0.2) is 78.7 Å². The minimum Gasteiger partial charge on any atom is -0.460 e. The van der Waals surface area contributed by atoms with Crippen LogP contribution in [-0.2, 0) is 39.7 Å². The molecule has 42 heavy (non-hydrogen) atoms. The summed E-state index contributed by atoms with van der Waals surface area (Å²) in [7, 11) is 0. The largest absolute Gasteiger partial charge is 0.460 e. The molecule has 0 spiro atoms. The number of carbonyl (C=O) groups is 3. The van der Waals surface area contributed by atoms with E-state index in [0.29, 0.717) is 30.6 Å². The number of aliphatic hydroxyl groups is 2. The van der Waals surface area contributed by atoms with Crippen molar-refractivity contribution in [3.8, 4) is 0 Å². The molecular weight excluding hydrogens is 546 g/mol. The first-order chi connectivity index (χ1) is 20.2. The molecule has 0 radical (unpaired) electrons. The maximum Gasteiger partial charge on any atom is 0.343 e. The minimum absolute atomic E-state index is 0.0417. The van der Waals surface area contributed by atoms with E-state index in [1.165, 1.54) is 12.2 Å². The fourth-order valence-corrected chi connectivity index (χ4v) is 3.60. The van der Waals surface area contributed by atoms with Crippen LogP contribution in [0.2, 0.25) is 0 Å². The van der Waals surface area contributed by atoms with Crippen molar-refractivity contribution in [1.82, 2.24) is 5.32 Å². The van der Waals surface area contributed by atoms with Crippen molar-refractivity contribution in [2.45, 2.75) is 57.0 Å². The second-order valence-electron chi connectivity index (χ2n) is 9.16. The van der Waals surface area contributed by atoms with Crippen molar-refractivity contribution in [1.29, 1.82) is 0 Å². The maximum atomic E-state index is 12.7. The number of ether oxygens (including phenoxy) is 5.